The molecular weight excluding hydrogens is 306 g/mol. The molecule has 0 spiro atoms. The van der Waals surface area contributed by atoms with Crippen LogP contribution in [0.5, 0.6) is 5.75 Å². The average Bonchev–Trinajstić information content (AvgIpc) is 2.52. The molecule has 1 rings (SSSR count). The predicted molar refractivity (Wildman–Crippen MR) is 92.6 cm³/mol. The van der Waals surface area contributed by atoms with Crippen LogP contribution < -0.4 is 10.5 Å². The number of carboxylic acid groups (broad SMARTS) is 1. The molecule has 0 aliphatic carbocycles. The Hall–Kier alpha value is -2.48. The number of hydrogen-bond acceptors (Lipinski definition) is 3. The second-order valence-electron chi connectivity index (χ2n) is 5.90. The van der Waals surface area contributed by atoms with E-state index in [4.69, 9.17) is 15.6 Å². The number of unbranched alkanes of at least 4 members (excludes halogenated alkanes) is 1. The first-order valence-corrected chi connectivity index (χ1v) is 8.11. The Morgan fingerprint density at radius 3 is 2.75 bits per heavy atom. The van der Waals surface area contributed by atoms with Gasteiger partial charge in [0.1, 0.15) is 5.75 Å². The van der Waals surface area contributed by atoms with E-state index in [-0.39, 0.29) is 18.2 Å². The summed E-state index contributed by atoms with van der Waals surface area (Å²) in [4.78, 5) is 21.2. The van der Waals surface area contributed by atoms with Gasteiger partial charge >= 0.3 is 5.97 Å². The lowest BCUT2D eigenvalue weighted by Gasteiger charge is -2.14. The number of nitrogens with two attached hydrogens (primary N) is 1. The molecule has 24 heavy (non-hydrogen) atoms. The molecule has 1 aromatic rings. The van der Waals surface area contributed by atoms with Crippen LogP contribution in [-0.2, 0) is 9.59 Å². The third-order valence-corrected chi connectivity index (χ3v) is 3.61. The SMILES string of the molecule is Cc1c(C#CCCCC(=O)O)cccc1OC[C@@H](C)CCC(N)=O. The van der Waals surface area contributed by atoms with Crippen molar-refractivity contribution in [2.24, 2.45) is 11.7 Å². The summed E-state index contributed by atoms with van der Waals surface area (Å²) in [5.41, 5.74) is 6.99. The molecule has 1 amide bonds. The van der Waals surface area contributed by atoms with Crippen molar-refractivity contribution in [1.82, 2.24) is 0 Å². The van der Waals surface area contributed by atoms with Crippen LogP contribution in [0.25, 0.3) is 0 Å². The van der Waals surface area contributed by atoms with Crippen molar-refractivity contribution >= 4 is 11.9 Å². The zero-order valence-corrected chi connectivity index (χ0v) is 14.3. The predicted octanol–water partition coefficient (Wildman–Crippen LogP) is 2.88. The third-order valence-electron chi connectivity index (χ3n) is 3.61. The summed E-state index contributed by atoms with van der Waals surface area (Å²) in [5.74, 6) is 6.00. The molecule has 0 radical (unpaired) electrons. The lowest BCUT2D eigenvalue weighted by molar-refractivity contribution is -0.137. The fourth-order valence-corrected chi connectivity index (χ4v) is 2.10. The Morgan fingerprint density at radius 2 is 2.08 bits per heavy atom. The maximum Gasteiger partial charge on any atom is 0.303 e. The van der Waals surface area contributed by atoms with E-state index in [0.717, 1.165) is 16.9 Å². The van der Waals surface area contributed by atoms with Crippen LogP contribution in [0.1, 0.15) is 50.2 Å². The number of carboxylic acids is 1. The van der Waals surface area contributed by atoms with E-state index >= 15 is 0 Å². The highest BCUT2D eigenvalue weighted by atomic mass is 16.5. The van der Waals surface area contributed by atoms with E-state index in [1.165, 1.54) is 0 Å². The minimum absolute atomic E-state index is 0.139. The van der Waals surface area contributed by atoms with Crippen LogP contribution >= 0.6 is 0 Å². The van der Waals surface area contributed by atoms with Gasteiger partial charge in [-0.25, -0.2) is 0 Å². The standard InChI is InChI=1S/C19H25NO4/c1-14(11-12-18(20)21)13-24-17-9-6-8-16(15(17)2)7-4-3-5-10-19(22)23/h6,8-9,14H,3,5,10-13H2,1-2H3,(H2,20,21)(H,22,23)/t14-/m0/s1. The summed E-state index contributed by atoms with van der Waals surface area (Å²) in [5, 5.41) is 8.59. The number of aliphatic carboxylic acids is 1. The van der Waals surface area contributed by atoms with Gasteiger partial charge in [-0.1, -0.05) is 24.8 Å². The molecule has 0 saturated carbocycles. The number of carbonyl (C=O) groups excluding carboxylic acids is 1. The molecule has 3 N–H and O–H groups in total. The van der Waals surface area contributed by atoms with Crippen molar-refractivity contribution in [1.29, 1.82) is 0 Å². The van der Waals surface area contributed by atoms with Gasteiger partial charge in [-0.3, -0.25) is 9.59 Å². The molecule has 0 aromatic heterocycles. The topological polar surface area (TPSA) is 89.6 Å². The summed E-state index contributed by atoms with van der Waals surface area (Å²) < 4.78 is 5.83. The zero-order chi connectivity index (χ0) is 17.9. The van der Waals surface area contributed by atoms with Gasteiger partial charge in [0.25, 0.3) is 0 Å². The van der Waals surface area contributed by atoms with Crippen molar-refractivity contribution in [3.8, 4) is 17.6 Å². The number of ether oxygens (including phenoxy) is 1. The Morgan fingerprint density at radius 1 is 1.33 bits per heavy atom. The average molecular weight is 331 g/mol. The molecule has 0 aliphatic heterocycles. The van der Waals surface area contributed by atoms with E-state index in [9.17, 15) is 9.59 Å². The first-order chi connectivity index (χ1) is 11.4. The summed E-state index contributed by atoms with van der Waals surface area (Å²) in [6, 6.07) is 5.70. The number of primary amides is 1. The molecule has 0 aliphatic rings. The molecular formula is C19H25NO4. The monoisotopic (exact) mass is 331 g/mol. The number of benzene rings is 1. The molecule has 0 unspecified atom stereocenters. The molecule has 0 bridgehead atoms. The lowest BCUT2D eigenvalue weighted by Crippen LogP contribution is -2.15. The van der Waals surface area contributed by atoms with Crippen LogP contribution in [-0.4, -0.2) is 23.6 Å². The molecule has 0 heterocycles. The smallest absolute Gasteiger partial charge is 0.303 e. The van der Waals surface area contributed by atoms with Gasteiger partial charge < -0.3 is 15.6 Å². The van der Waals surface area contributed by atoms with Crippen LogP contribution in [0.3, 0.4) is 0 Å². The van der Waals surface area contributed by atoms with Gasteiger partial charge in [0, 0.05) is 30.4 Å². The minimum Gasteiger partial charge on any atom is -0.493 e. The van der Waals surface area contributed by atoms with Crippen molar-refractivity contribution < 1.29 is 19.4 Å². The molecule has 0 saturated heterocycles. The number of amides is 1. The summed E-state index contributed by atoms with van der Waals surface area (Å²) in [7, 11) is 0. The fourth-order valence-electron chi connectivity index (χ4n) is 2.10. The maximum absolute atomic E-state index is 10.8. The van der Waals surface area contributed by atoms with Crippen molar-refractivity contribution in [2.75, 3.05) is 6.61 Å². The van der Waals surface area contributed by atoms with Gasteiger partial charge in [0.2, 0.25) is 5.91 Å². The second kappa shape index (κ2) is 10.3. The Labute approximate surface area is 143 Å². The minimum atomic E-state index is -0.797. The second-order valence-corrected chi connectivity index (χ2v) is 5.90. The van der Waals surface area contributed by atoms with E-state index in [2.05, 4.69) is 11.8 Å². The van der Waals surface area contributed by atoms with Crippen molar-refractivity contribution in [3.63, 3.8) is 0 Å². The lowest BCUT2D eigenvalue weighted by atomic mass is 10.1. The van der Waals surface area contributed by atoms with Crippen molar-refractivity contribution in [2.45, 2.75) is 46.0 Å². The highest BCUT2D eigenvalue weighted by Crippen LogP contribution is 2.22. The zero-order valence-electron chi connectivity index (χ0n) is 14.3. The number of carbonyl (C=O) groups is 2. The van der Waals surface area contributed by atoms with E-state index in [0.29, 0.717) is 32.3 Å². The van der Waals surface area contributed by atoms with Crippen LogP contribution in [0.2, 0.25) is 0 Å². The first-order valence-electron chi connectivity index (χ1n) is 8.11. The normalized spacial score (nSPS) is 11.2. The molecule has 1 aromatic carbocycles. The maximum atomic E-state index is 10.8. The first kappa shape index (κ1) is 19.6. The number of hydrogen-bond donors (Lipinski definition) is 2. The molecule has 5 nitrogen and oxygen atoms in total. The summed E-state index contributed by atoms with van der Waals surface area (Å²) in [6.07, 6.45) is 2.32. The van der Waals surface area contributed by atoms with Gasteiger partial charge in [0.15, 0.2) is 0 Å². The van der Waals surface area contributed by atoms with Gasteiger partial charge in [-0.2, -0.15) is 0 Å². The van der Waals surface area contributed by atoms with Crippen LogP contribution in [0.4, 0.5) is 0 Å². The van der Waals surface area contributed by atoms with Crippen LogP contribution in [0.15, 0.2) is 18.2 Å². The Kier molecular flexibility index (Phi) is 8.42. The molecule has 5 heteroatoms. The highest BCUT2D eigenvalue weighted by Gasteiger charge is 2.08. The Bertz CT molecular complexity index is 628. The molecule has 130 valence electrons. The van der Waals surface area contributed by atoms with Gasteiger partial charge in [0.05, 0.1) is 6.61 Å². The summed E-state index contributed by atoms with van der Waals surface area (Å²) in [6.45, 7) is 4.48. The molecule has 1 atom stereocenters. The van der Waals surface area contributed by atoms with Crippen molar-refractivity contribution in [3.05, 3.63) is 29.3 Å². The van der Waals surface area contributed by atoms with Gasteiger partial charge in [-0.05, 0) is 37.8 Å². The van der Waals surface area contributed by atoms with E-state index in [1.54, 1.807) is 0 Å². The number of rotatable bonds is 9. The Balaban J connectivity index is 2.57. The van der Waals surface area contributed by atoms with Crippen LogP contribution in [0, 0.1) is 24.7 Å². The fraction of sp³-hybridized carbons (Fsp3) is 0.474. The molecule has 0 fully saturated rings. The van der Waals surface area contributed by atoms with E-state index < -0.39 is 5.97 Å². The quantitative estimate of drug-likeness (QED) is 0.538. The third kappa shape index (κ3) is 7.68. The highest BCUT2D eigenvalue weighted by molar-refractivity contribution is 5.73. The summed E-state index contributed by atoms with van der Waals surface area (Å²) >= 11 is 0. The van der Waals surface area contributed by atoms with Gasteiger partial charge in [-0.15, -0.1) is 0 Å². The largest absolute Gasteiger partial charge is 0.493 e. The van der Waals surface area contributed by atoms with E-state index in [1.807, 2.05) is 32.0 Å².